The van der Waals surface area contributed by atoms with Crippen molar-refractivity contribution in [2.75, 3.05) is 18.0 Å². The van der Waals surface area contributed by atoms with Crippen molar-refractivity contribution in [2.45, 2.75) is 12.5 Å². The molecular formula is C19H17N5O2. The molecule has 2 heterocycles. The number of anilines is 1. The topological polar surface area (TPSA) is 107 Å². The van der Waals surface area contributed by atoms with Crippen LogP contribution in [0.15, 0.2) is 48.5 Å². The molecule has 1 fully saturated rings. The van der Waals surface area contributed by atoms with Crippen LogP contribution in [0.2, 0.25) is 0 Å². The van der Waals surface area contributed by atoms with Gasteiger partial charge in [0, 0.05) is 37.0 Å². The summed E-state index contributed by atoms with van der Waals surface area (Å²) in [7, 11) is 0. The maximum absolute atomic E-state index is 12.9. The summed E-state index contributed by atoms with van der Waals surface area (Å²) < 4.78 is 1.21. The van der Waals surface area contributed by atoms with E-state index in [0.717, 1.165) is 18.7 Å². The fourth-order valence-electron chi connectivity index (χ4n) is 3.45. The Kier molecular flexibility index (Phi) is 3.82. The van der Waals surface area contributed by atoms with E-state index in [1.165, 1.54) is 0 Å². The molecule has 2 aromatic carbocycles. The molecule has 0 radical (unpaired) electrons. The van der Waals surface area contributed by atoms with Crippen LogP contribution in [0.3, 0.4) is 0 Å². The fourth-order valence-corrected chi connectivity index (χ4v) is 3.45. The predicted octanol–water partition coefficient (Wildman–Crippen LogP) is 1.18. The molecule has 1 aromatic heterocycles. The second-order valence-electron chi connectivity index (χ2n) is 6.43. The van der Waals surface area contributed by atoms with Gasteiger partial charge in [0.05, 0.1) is 5.56 Å². The van der Waals surface area contributed by atoms with Crippen LogP contribution in [0, 0.1) is 21.7 Å². The minimum absolute atomic E-state index is 0.0616. The van der Waals surface area contributed by atoms with Crippen LogP contribution in [0.25, 0.3) is 22.3 Å². The highest BCUT2D eigenvalue weighted by molar-refractivity contribution is 5.76. The standard InChI is InChI=1S/C19H17N5O2/c20-11-18-19(13-4-2-1-3-5-13)24(26)16-7-6-15(10-17(16)23(18)25)22-9-8-14(21)12-22/h1-7,10,14H,8-9,12,21H2/t14-/m0/s1. The van der Waals surface area contributed by atoms with Crippen molar-refractivity contribution in [1.29, 1.82) is 5.26 Å². The van der Waals surface area contributed by atoms with E-state index in [1.54, 1.807) is 36.4 Å². The summed E-state index contributed by atoms with van der Waals surface area (Å²) in [6.07, 6.45) is 0.882. The Balaban J connectivity index is 1.94. The third-order valence-corrected chi connectivity index (χ3v) is 4.77. The number of nitrogens with zero attached hydrogens (tertiary/aromatic N) is 4. The number of hydrogen-bond donors (Lipinski definition) is 1. The number of rotatable bonds is 2. The summed E-state index contributed by atoms with van der Waals surface area (Å²) >= 11 is 0. The highest BCUT2D eigenvalue weighted by atomic mass is 16.5. The largest absolute Gasteiger partial charge is 0.617 e. The third-order valence-electron chi connectivity index (χ3n) is 4.77. The highest BCUT2D eigenvalue weighted by Crippen LogP contribution is 2.25. The van der Waals surface area contributed by atoms with E-state index in [9.17, 15) is 15.7 Å². The molecule has 2 N–H and O–H groups in total. The van der Waals surface area contributed by atoms with Gasteiger partial charge in [-0.1, -0.05) is 18.2 Å². The van der Waals surface area contributed by atoms with Crippen LogP contribution in [0.4, 0.5) is 5.69 Å². The van der Waals surface area contributed by atoms with Gasteiger partial charge >= 0.3 is 11.4 Å². The molecule has 3 aromatic rings. The second-order valence-corrected chi connectivity index (χ2v) is 6.43. The Morgan fingerprint density at radius 3 is 2.50 bits per heavy atom. The number of nitriles is 1. The summed E-state index contributed by atoms with van der Waals surface area (Å²) in [5.74, 6) is 0. The normalized spacial score (nSPS) is 16.8. The Hall–Kier alpha value is -3.37. The molecule has 1 aliphatic rings. The van der Waals surface area contributed by atoms with Gasteiger partial charge in [0.15, 0.2) is 6.07 Å². The van der Waals surface area contributed by atoms with Gasteiger partial charge in [-0.3, -0.25) is 0 Å². The molecule has 0 bridgehead atoms. The molecule has 0 amide bonds. The van der Waals surface area contributed by atoms with E-state index in [-0.39, 0.29) is 28.5 Å². The van der Waals surface area contributed by atoms with Gasteiger partial charge in [-0.25, -0.2) is 0 Å². The smallest absolute Gasteiger partial charge is 0.369 e. The molecule has 0 unspecified atom stereocenters. The molecule has 7 heteroatoms. The quantitative estimate of drug-likeness (QED) is 0.553. The van der Waals surface area contributed by atoms with Gasteiger partial charge < -0.3 is 21.0 Å². The Labute approximate surface area is 150 Å². The van der Waals surface area contributed by atoms with E-state index in [0.29, 0.717) is 21.6 Å². The van der Waals surface area contributed by atoms with Crippen molar-refractivity contribution in [2.24, 2.45) is 5.73 Å². The zero-order chi connectivity index (χ0) is 18.3. The van der Waals surface area contributed by atoms with Crippen molar-refractivity contribution < 1.29 is 9.46 Å². The van der Waals surface area contributed by atoms with E-state index in [1.807, 2.05) is 18.2 Å². The molecule has 1 aliphatic heterocycles. The summed E-state index contributed by atoms with van der Waals surface area (Å²) in [4.78, 5) is 2.08. The maximum Gasteiger partial charge on any atom is 0.369 e. The van der Waals surface area contributed by atoms with Crippen LogP contribution in [0.5, 0.6) is 0 Å². The first-order chi connectivity index (χ1) is 12.6. The summed E-state index contributed by atoms with van der Waals surface area (Å²) in [6.45, 7) is 1.51. The molecule has 0 aliphatic carbocycles. The summed E-state index contributed by atoms with van der Waals surface area (Å²) in [5.41, 5.74) is 7.56. The number of nitrogens with two attached hydrogens (primary N) is 1. The number of aromatic nitrogens is 2. The molecule has 26 heavy (non-hydrogen) atoms. The van der Waals surface area contributed by atoms with Crippen LogP contribution >= 0.6 is 0 Å². The van der Waals surface area contributed by atoms with Crippen LogP contribution in [-0.4, -0.2) is 19.1 Å². The molecule has 7 nitrogen and oxygen atoms in total. The monoisotopic (exact) mass is 347 g/mol. The average molecular weight is 347 g/mol. The highest BCUT2D eigenvalue weighted by Gasteiger charge is 2.30. The molecule has 0 spiro atoms. The zero-order valence-corrected chi connectivity index (χ0v) is 14.0. The van der Waals surface area contributed by atoms with Gasteiger partial charge in [-0.2, -0.15) is 9.99 Å². The minimum Gasteiger partial charge on any atom is -0.617 e. The lowest BCUT2D eigenvalue weighted by Gasteiger charge is -2.18. The van der Waals surface area contributed by atoms with Gasteiger partial charge in [-0.15, -0.1) is 4.73 Å². The SMILES string of the molecule is N#Cc1c(-c2ccccc2)[n+]([O-])c2ccc(N3CC[C@H](N)C3)cc2[n+]1[O-]. The lowest BCUT2D eigenvalue weighted by Crippen LogP contribution is -2.43. The van der Waals surface area contributed by atoms with Crippen molar-refractivity contribution in [3.05, 3.63) is 64.6 Å². The molecule has 4 rings (SSSR count). The fraction of sp³-hybridized carbons (Fsp3) is 0.211. The molecule has 0 saturated carbocycles. The molecular weight excluding hydrogens is 330 g/mol. The van der Waals surface area contributed by atoms with Gasteiger partial charge in [0.2, 0.25) is 0 Å². The zero-order valence-electron chi connectivity index (χ0n) is 14.0. The van der Waals surface area contributed by atoms with Crippen LogP contribution < -0.4 is 20.1 Å². The van der Waals surface area contributed by atoms with E-state index >= 15 is 0 Å². The Bertz CT molecular complexity index is 1030. The van der Waals surface area contributed by atoms with Crippen molar-refractivity contribution >= 4 is 16.7 Å². The van der Waals surface area contributed by atoms with E-state index < -0.39 is 0 Å². The van der Waals surface area contributed by atoms with E-state index in [2.05, 4.69) is 4.90 Å². The van der Waals surface area contributed by atoms with Crippen molar-refractivity contribution in [3.8, 4) is 17.3 Å². The summed E-state index contributed by atoms with van der Waals surface area (Å²) in [5, 5.41) is 35.3. The summed E-state index contributed by atoms with van der Waals surface area (Å²) in [6, 6.07) is 15.8. The lowest BCUT2D eigenvalue weighted by molar-refractivity contribution is -0.622. The number of benzene rings is 2. The number of hydrogen-bond acceptors (Lipinski definition) is 5. The van der Waals surface area contributed by atoms with Crippen LogP contribution in [0.1, 0.15) is 12.1 Å². The Morgan fingerprint density at radius 1 is 1.08 bits per heavy atom. The number of fused-ring (bicyclic) bond motifs is 1. The maximum atomic E-state index is 12.9. The second kappa shape index (κ2) is 6.17. The average Bonchev–Trinajstić information content (AvgIpc) is 3.11. The Morgan fingerprint density at radius 2 is 1.85 bits per heavy atom. The van der Waals surface area contributed by atoms with Gasteiger partial charge in [0.1, 0.15) is 0 Å². The van der Waals surface area contributed by atoms with Crippen molar-refractivity contribution in [1.82, 2.24) is 0 Å². The lowest BCUT2D eigenvalue weighted by atomic mass is 10.1. The predicted molar refractivity (Wildman–Crippen MR) is 96.8 cm³/mol. The van der Waals surface area contributed by atoms with Crippen molar-refractivity contribution in [3.63, 3.8) is 0 Å². The molecule has 1 saturated heterocycles. The first-order valence-electron chi connectivity index (χ1n) is 8.39. The van der Waals surface area contributed by atoms with Crippen LogP contribution in [-0.2, 0) is 0 Å². The van der Waals surface area contributed by atoms with Gasteiger partial charge in [-0.05, 0) is 24.6 Å². The minimum atomic E-state index is -0.214. The van der Waals surface area contributed by atoms with Gasteiger partial charge in [0.25, 0.3) is 11.0 Å². The molecule has 1 atom stereocenters. The first-order valence-corrected chi connectivity index (χ1v) is 8.39. The third kappa shape index (κ3) is 2.48. The molecule has 130 valence electrons. The first kappa shape index (κ1) is 16.1. The van der Waals surface area contributed by atoms with E-state index in [4.69, 9.17) is 5.73 Å².